The van der Waals surface area contributed by atoms with Gasteiger partial charge in [-0.05, 0) is 35.1 Å². The van der Waals surface area contributed by atoms with Gasteiger partial charge in [0.05, 0.1) is 23.4 Å². The van der Waals surface area contributed by atoms with Gasteiger partial charge in [-0.15, -0.1) is 0 Å². The number of benzene rings is 1. The Morgan fingerprint density at radius 1 is 1.23 bits per heavy atom. The van der Waals surface area contributed by atoms with Crippen LogP contribution in [0, 0.1) is 10.1 Å². The largest absolute Gasteiger partial charge is 0.514 e. The summed E-state index contributed by atoms with van der Waals surface area (Å²) in [6, 6.07) is 10.8. The maximum Gasteiger partial charge on any atom is 0.514 e. The fourth-order valence-electron chi connectivity index (χ4n) is 2.10. The van der Waals surface area contributed by atoms with E-state index in [0.717, 1.165) is 5.03 Å². The van der Waals surface area contributed by atoms with Gasteiger partial charge < -0.3 is 14.2 Å². The molecular weight excluding hydrogens is 380 g/mol. The van der Waals surface area contributed by atoms with Crippen LogP contribution in [-0.2, 0) is 9.47 Å². The molecule has 136 valence electrons. The van der Waals surface area contributed by atoms with Gasteiger partial charge in [-0.1, -0.05) is 16.9 Å². The molecule has 0 unspecified atom stereocenters. The third-order valence-corrected chi connectivity index (χ3v) is 6.11. The molecule has 10 heteroatoms. The van der Waals surface area contributed by atoms with Gasteiger partial charge in [0.25, 0.3) is 5.69 Å². The van der Waals surface area contributed by atoms with Crippen molar-refractivity contribution in [2.75, 3.05) is 13.2 Å². The lowest BCUT2D eigenvalue weighted by molar-refractivity contribution is -0.384. The second-order valence-corrected chi connectivity index (χ2v) is 7.64. The van der Waals surface area contributed by atoms with Crippen LogP contribution in [-0.4, -0.2) is 40.6 Å². The zero-order chi connectivity index (χ0) is 18.4. The molecule has 26 heavy (non-hydrogen) atoms. The van der Waals surface area contributed by atoms with Gasteiger partial charge in [0.1, 0.15) is 16.9 Å². The Morgan fingerprint density at radius 2 is 2.04 bits per heavy atom. The molecule has 0 amide bonds. The van der Waals surface area contributed by atoms with Gasteiger partial charge in [0, 0.05) is 18.3 Å². The van der Waals surface area contributed by atoms with E-state index in [0.29, 0.717) is 6.61 Å². The molecule has 0 spiro atoms. The molecule has 2 heterocycles. The lowest BCUT2D eigenvalue weighted by Gasteiger charge is -2.16. The number of hydrogen-bond donors (Lipinski definition) is 0. The first-order chi connectivity index (χ1) is 12.6. The van der Waals surface area contributed by atoms with E-state index in [1.165, 1.54) is 45.9 Å². The van der Waals surface area contributed by atoms with Gasteiger partial charge in [-0.2, -0.15) is 0 Å². The Kier molecular flexibility index (Phi) is 6.31. The summed E-state index contributed by atoms with van der Waals surface area (Å²) in [6.45, 7) is 0.746. The maximum atomic E-state index is 11.9. The van der Waals surface area contributed by atoms with Crippen molar-refractivity contribution >= 4 is 33.4 Å². The van der Waals surface area contributed by atoms with Crippen LogP contribution in [0.5, 0.6) is 5.75 Å². The van der Waals surface area contributed by atoms with E-state index in [9.17, 15) is 14.9 Å². The van der Waals surface area contributed by atoms with Crippen molar-refractivity contribution in [2.24, 2.45) is 0 Å². The van der Waals surface area contributed by atoms with Crippen molar-refractivity contribution in [2.45, 2.75) is 16.4 Å². The summed E-state index contributed by atoms with van der Waals surface area (Å²) in [5, 5.41) is 11.4. The highest BCUT2D eigenvalue weighted by atomic mass is 33.1. The SMILES string of the molecule is O=C(Oc1ccc([N+](=O)[O-])cc1)O[C@@H]1COC[C@H]1SSc1ccccn1. The lowest BCUT2D eigenvalue weighted by atomic mass is 10.3. The Morgan fingerprint density at radius 3 is 2.73 bits per heavy atom. The highest BCUT2D eigenvalue weighted by Gasteiger charge is 2.33. The number of ether oxygens (including phenoxy) is 3. The summed E-state index contributed by atoms with van der Waals surface area (Å²) in [4.78, 5) is 26.3. The second-order valence-electron chi connectivity index (χ2n) is 5.18. The van der Waals surface area contributed by atoms with Crippen molar-refractivity contribution in [3.8, 4) is 5.75 Å². The number of carbonyl (C=O) groups is 1. The van der Waals surface area contributed by atoms with Gasteiger partial charge in [0.15, 0.2) is 0 Å². The molecule has 0 radical (unpaired) electrons. The van der Waals surface area contributed by atoms with E-state index < -0.39 is 17.2 Å². The Bertz CT molecular complexity index is 759. The normalized spacial score (nSPS) is 19.1. The average molecular weight is 394 g/mol. The second kappa shape index (κ2) is 8.88. The van der Waals surface area contributed by atoms with Crippen LogP contribution in [0.15, 0.2) is 53.7 Å². The number of rotatable bonds is 6. The monoisotopic (exact) mass is 394 g/mol. The number of pyridine rings is 1. The molecule has 2 aromatic rings. The summed E-state index contributed by atoms with van der Waals surface area (Å²) in [6.07, 6.45) is 0.397. The standard InChI is InChI=1S/C16H14N2O6S2/c19-16(23-12-6-4-11(5-7-12)18(20)21)24-13-9-22-10-14(13)25-26-15-3-1-2-8-17-15/h1-8,13-14H,9-10H2/t13-,14-/m1/s1. The van der Waals surface area contributed by atoms with Crippen LogP contribution in [0.1, 0.15) is 0 Å². The molecular formula is C16H14N2O6S2. The maximum absolute atomic E-state index is 11.9. The fourth-order valence-corrected chi connectivity index (χ4v) is 4.47. The molecule has 8 nitrogen and oxygen atoms in total. The molecule has 1 fully saturated rings. The predicted octanol–water partition coefficient (Wildman–Crippen LogP) is 3.71. The highest BCUT2D eigenvalue weighted by Crippen LogP contribution is 2.37. The van der Waals surface area contributed by atoms with Crippen molar-refractivity contribution in [3.05, 3.63) is 58.8 Å². The summed E-state index contributed by atoms with van der Waals surface area (Å²) in [7, 11) is 3.01. The Balaban J connectivity index is 1.50. The van der Waals surface area contributed by atoms with E-state index >= 15 is 0 Å². The number of aromatic nitrogens is 1. The third-order valence-electron chi connectivity index (χ3n) is 3.37. The van der Waals surface area contributed by atoms with Gasteiger partial charge in [-0.3, -0.25) is 10.1 Å². The van der Waals surface area contributed by atoms with Crippen LogP contribution < -0.4 is 4.74 Å². The van der Waals surface area contributed by atoms with Crippen LogP contribution >= 0.6 is 21.6 Å². The van der Waals surface area contributed by atoms with Crippen molar-refractivity contribution in [1.82, 2.24) is 4.98 Å². The summed E-state index contributed by atoms with van der Waals surface area (Å²) in [5.74, 6) is 0.173. The number of nitrogens with zero attached hydrogens (tertiary/aromatic N) is 2. The molecule has 0 bridgehead atoms. The lowest BCUT2D eigenvalue weighted by Crippen LogP contribution is -2.28. The quantitative estimate of drug-likeness (QED) is 0.238. The highest BCUT2D eigenvalue weighted by molar-refractivity contribution is 8.76. The van der Waals surface area contributed by atoms with Gasteiger partial charge in [-0.25, -0.2) is 9.78 Å². The number of non-ortho nitro benzene ring substituents is 1. The van der Waals surface area contributed by atoms with Gasteiger partial charge in [0.2, 0.25) is 0 Å². The van der Waals surface area contributed by atoms with E-state index in [-0.39, 0.29) is 23.3 Å². The number of nitro benzene ring substituents is 1. The molecule has 1 aliphatic heterocycles. The molecule has 1 aromatic heterocycles. The molecule has 1 aromatic carbocycles. The Hall–Kier alpha value is -2.30. The van der Waals surface area contributed by atoms with E-state index in [2.05, 4.69) is 4.98 Å². The molecule has 0 saturated carbocycles. The average Bonchev–Trinajstić information content (AvgIpc) is 3.08. The molecule has 1 saturated heterocycles. The zero-order valence-electron chi connectivity index (χ0n) is 13.3. The smallest absolute Gasteiger partial charge is 0.427 e. The zero-order valence-corrected chi connectivity index (χ0v) is 15.0. The molecule has 0 N–H and O–H groups in total. The van der Waals surface area contributed by atoms with Crippen molar-refractivity contribution in [1.29, 1.82) is 0 Å². The predicted molar refractivity (Wildman–Crippen MR) is 96.3 cm³/mol. The number of carbonyl (C=O) groups excluding carboxylic acids is 1. The van der Waals surface area contributed by atoms with Crippen LogP contribution in [0.25, 0.3) is 0 Å². The summed E-state index contributed by atoms with van der Waals surface area (Å²) in [5.41, 5.74) is -0.0853. The third kappa shape index (κ3) is 5.10. The van der Waals surface area contributed by atoms with Crippen LogP contribution in [0.3, 0.4) is 0 Å². The minimum atomic E-state index is -0.872. The minimum absolute atomic E-state index is 0.0496. The fraction of sp³-hybridized carbons (Fsp3) is 0.250. The molecule has 1 aliphatic rings. The van der Waals surface area contributed by atoms with E-state index in [4.69, 9.17) is 14.2 Å². The van der Waals surface area contributed by atoms with E-state index in [1.807, 2.05) is 18.2 Å². The first-order valence-corrected chi connectivity index (χ1v) is 9.78. The first-order valence-electron chi connectivity index (χ1n) is 7.57. The molecule has 3 rings (SSSR count). The molecule has 2 atom stereocenters. The minimum Gasteiger partial charge on any atom is -0.427 e. The summed E-state index contributed by atoms with van der Waals surface area (Å²) < 4.78 is 15.8. The van der Waals surface area contributed by atoms with Gasteiger partial charge >= 0.3 is 6.16 Å². The first kappa shape index (κ1) is 18.5. The van der Waals surface area contributed by atoms with Crippen molar-refractivity contribution in [3.63, 3.8) is 0 Å². The number of hydrogen-bond acceptors (Lipinski definition) is 9. The topological polar surface area (TPSA) is 101 Å². The van der Waals surface area contributed by atoms with E-state index in [1.54, 1.807) is 6.20 Å². The van der Waals surface area contributed by atoms with Crippen molar-refractivity contribution < 1.29 is 23.9 Å². The number of nitro groups is 1. The Labute approximate surface area is 156 Å². The summed E-state index contributed by atoms with van der Waals surface area (Å²) >= 11 is 0. The van der Waals surface area contributed by atoms with Crippen LogP contribution in [0.2, 0.25) is 0 Å². The van der Waals surface area contributed by atoms with Crippen LogP contribution in [0.4, 0.5) is 10.5 Å². The molecule has 0 aliphatic carbocycles.